The molecule has 218 valence electrons. The van der Waals surface area contributed by atoms with E-state index in [1.165, 1.54) is 0 Å². The highest BCUT2D eigenvalue weighted by Crippen LogP contribution is 2.43. The fourth-order valence-corrected chi connectivity index (χ4v) is 5.23. The van der Waals surface area contributed by atoms with Gasteiger partial charge in [-0.15, -0.1) is 0 Å². The summed E-state index contributed by atoms with van der Waals surface area (Å²) < 4.78 is 12.5. The van der Waals surface area contributed by atoms with Crippen molar-refractivity contribution in [3.63, 3.8) is 0 Å². The fourth-order valence-electron chi connectivity index (χ4n) is 4.18. The van der Waals surface area contributed by atoms with Gasteiger partial charge in [-0.05, 0) is 83.8 Å². The zero-order chi connectivity index (χ0) is 30.2. The molecule has 0 radical (unpaired) electrons. The van der Waals surface area contributed by atoms with Crippen molar-refractivity contribution >= 4 is 58.3 Å². The summed E-state index contributed by atoms with van der Waals surface area (Å²) in [6.07, 6.45) is 0.656. The number of nitrogens with one attached hydrogen (secondary N) is 1. The summed E-state index contributed by atoms with van der Waals surface area (Å²) in [5, 5.41) is 13.3. The highest BCUT2D eigenvalue weighted by Gasteiger charge is 2.18. The predicted octanol–water partition coefficient (Wildman–Crippen LogP) is 9.21. The van der Waals surface area contributed by atoms with Gasteiger partial charge in [-0.25, -0.2) is 0 Å². The van der Waals surface area contributed by atoms with Crippen molar-refractivity contribution in [1.82, 2.24) is 5.32 Å². The molecule has 4 aromatic carbocycles. The maximum atomic E-state index is 12.3. The van der Waals surface area contributed by atoms with E-state index in [4.69, 9.17) is 61.0 Å². The number of hydrogen-bond acceptors (Lipinski definition) is 4. The van der Waals surface area contributed by atoms with E-state index in [1.807, 2.05) is 31.2 Å². The summed E-state index contributed by atoms with van der Waals surface area (Å²) in [6, 6.07) is 21.2. The Balaban J connectivity index is 1.70. The third-order valence-corrected chi connectivity index (χ3v) is 7.00. The number of carbonyl (C=O) groups excluding carboxylic acids is 1. The van der Waals surface area contributed by atoms with Crippen LogP contribution in [0.1, 0.15) is 35.7 Å². The van der Waals surface area contributed by atoms with Crippen molar-refractivity contribution in [1.29, 1.82) is 0 Å². The van der Waals surface area contributed by atoms with Gasteiger partial charge in [0.15, 0.2) is 0 Å². The molecule has 0 saturated carbocycles. The topological polar surface area (TPSA) is 84.9 Å². The Kier molecular flexibility index (Phi) is 11.0. The van der Waals surface area contributed by atoms with Crippen LogP contribution in [0.3, 0.4) is 0 Å². The van der Waals surface area contributed by atoms with Crippen molar-refractivity contribution in [3.8, 4) is 33.8 Å². The van der Waals surface area contributed by atoms with E-state index in [9.17, 15) is 9.59 Å². The zero-order valence-corrected chi connectivity index (χ0v) is 25.6. The van der Waals surface area contributed by atoms with Crippen LogP contribution in [0.2, 0.25) is 20.1 Å². The maximum Gasteiger partial charge on any atom is 0.305 e. The molecule has 0 saturated heterocycles. The van der Waals surface area contributed by atoms with Gasteiger partial charge in [-0.2, -0.15) is 0 Å². The molecule has 4 rings (SSSR count). The van der Waals surface area contributed by atoms with Gasteiger partial charge < -0.3 is 19.9 Å². The predicted molar refractivity (Wildman–Crippen MR) is 168 cm³/mol. The van der Waals surface area contributed by atoms with Gasteiger partial charge in [0.25, 0.3) is 5.91 Å². The first-order chi connectivity index (χ1) is 20.1. The number of carboxylic acid groups (broad SMARTS) is 1. The third-order valence-electron chi connectivity index (χ3n) is 6.13. The van der Waals surface area contributed by atoms with Crippen molar-refractivity contribution in [3.05, 3.63) is 104 Å². The van der Waals surface area contributed by atoms with Crippen LogP contribution < -0.4 is 14.8 Å². The molecule has 1 amide bonds. The molecule has 0 atom stereocenters. The fraction of sp³-hybridized carbons (Fsp3) is 0.188. The highest BCUT2D eigenvalue weighted by atomic mass is 35.5. The summed E-state index contributed by atoms with van der Waals surface area (Å²) in [4.78, 5) is 23.0. The largest absolute Gasteiger partial charge is 0.493 e. The molecular formula is C32H27Cl4NO5. The molecule has 10 heteroatoms. The molecule has 0 spiro atoms. The minimum atomic E-state index is -0.978. The lowest BCUT2D eigenvalue weighted by molar-refractivity contribution is -0.136. The van der Waals surface area contributed by atoms with E-state index in [1.54, 1.807) is 48.5 Å². The minimum Gasteiger partial charge on any atom is -0.493 e. The second-order valence-corrected chi connectivity index (χ2v) is 11.1. The Morgan fingerprint density at radius 3 is 1.71 bits per heavy atom. The quantitative estimate of drug-likeness (QED) is 0.160. The van der Waals surface area contributed by atoms with Gasteiger partial charge in [0.1, 0.15) is 18.1 Å². The van der Waals surface area contributed by atoms with E-state index in [-0.39, 0.29) is 25.5 Å². The zero-order valence-electron chi connectivity index (χ0n) is 22.6. The Hall–Kier alpha value is -3.42. The summed E-state index contributed by atoms with van der Waals surface area (Å²) in [5.41, 5.74) is 4.19. The lowest BCUT2D eigenvalue weighted by Gasteiger charge is -2.19. The summed E-state index contributed by atoms with van der Waals surface area (Å²) in [7, 11) is 0. The average Bonchev–Trinajstić information content (AvgIpc) is 2.93. The third kappa shape index (κ3) is 8.55. The molecule has 0 bridgehead atoms. The normalized spacial score (nSPS) is 10.8. The van der Waals surface area contributed by atoms with E-state index < -0.39 is 5.97 Å². The molecular weight excluding hydrogens is 620 g/mol. The van der Waals surface area contributed by atoms with Crippen molar-refractivity contribution in [2.45, 2.75) is 26.4 Å². The van der Waals surface area contributed by atoms with Crippen LogP contribution in [0.25, 0.3) is 22.3 Å². The van der Waals surface area contributed by atoms with Crippen molar-refractivity contribution in [2.24, 2.45) is 0 Å². The molecule has 0 aliphatic carbocycles. The monoisotopic (exact) mass is 645 g/mol. The number of hydrogen-bond donors (Lipinski definition) is 2. The Labute approximate surface area is 264 Å². The van der Waals surface area contributed by atoms with E-state index in [2.05, 4.69) is 5.32 Å². The molecule has 2 N–H and O–H groups in total. The first-order valence-corrected chi connectivity index (χ1v) is 14.6. The Morgan fingerprint density at radius 2 is 1.24 bits per heavy atom. The molecule has 4 aromatic rings. The lowest BCUT2D eigenvalue weighted by Crippen LogP contribution is -2.25. The average molecular weight is 647 g/mol. The Bertz CT molecular complexity index is 1550. The van der Waals surface area contributed by atoms with E-state index in [0.717, 1.165) is 34.2 Å². The number of carbonyl (C=O) groups is 2. The standard InChI is InChI=1S/C32H27Cl4NO5/c1-2-9-41-29-16-28(22-12-25(35)15-26(36)13-22)30(17-27(29)21-10-23(33)14-24(34)11-21)42-18-19-3-5-20(6-4-19)32(40)37-8-7-31(38)39/h3-6,10-17H,2,7-9,18H2,1H3,(H,37,40)(H,38,39). The first kappa shape index (κ1) is 31.5. The summed E-state index contributed by atoms with van der Waals surface area (Å²) in [6.45, 7) is 2.75. The summed E-state index contributed by atoms with van der Waals surface area (Å²) in [5.74, 6) is -0.171. The van der Waals surface area contributed by atoms with Crippen molar-refractivity contribution in [2.75, 3.05) is 13.2 Å². The number of carboxylic acids is 1. The van der Waals surface area contributed by atoms with Crippen LogP contribution in [0.4, 0.5) is 0 Å². The molecule has 0 fully saturated rings. The van der Waals surface area contributed by atoms with E-state index in [0.29, 0.717) is 43.8 Å². The molecule has 0 heterocycles. The number of ether oxygens (including phenoxy) is 2. The van der Waals surface area contributed by atoms with E-state index >= 15 is 0 Å². The van der Waals surface area contributed by atoms with Crippen molar-refractivity contribution < 1.29 is 24.2 Å². The molecule has 0 unspecified atom stereocenters. The number of halogens is 4. The number of amides is 1. The molecule has 6 nitrogen and oxygen atoms in total. The molecule has 0 aliphatic rings. The van der Waals surface area contributed by atoms with Gasteiger partial charge in [0.05, 0.1) is 13.0 Å². The smallest absolute Gasteiger partial charge is 0.305 e. The van der Waals surface area contributed by atoms with Crippen LogP contribution in [0, 0.1) is 0 Å². The SMILES string of the molecule is CCCOc1cc(-c2cc(Cl)cc(Cl)c2)c(OCc2ccc(C(=O)NCCC(=O)O)cc2)cc1-c1cc(Cl)cc(Cl)c1. The van der Waals surface area contributed by atoms with Crippen LogP contribution in [-0.2, 0) is 11.4 Å². The number of aliphatic carboxylic acids is 1. The molecule has 0 aliphatic heterocycles. The minimum absolute atomic E-state index is 0.0491. The Morgan fingerprint density at radius 1 is 0.738 bits per heavy atom. The maximum absolute atomic E-state index is 12.3. The van der Waals surface area contributed by atoms with Gasteiger partial charge in [0, 0.05) is 43.3 Å². The molecule has 0 aromatic heterocycles. The van der Waals surface area contributed by atoms with Crippen LogP contribution in [-0.4, -0.2) is 30.1 Å². The second-order valence-electron chi connectivity index (χ2n) is 9.39. The first-order valence-electron chi connectivity index (χ1n) is 13.1. The highest BCUT2D eigenvalue weighted by molar-refractivity contribution is 6.35. The van der Waals surface area contributed by atoms with Crippen LogP contribution in [0.5, 0.6) is 11.5 Å². The van der Waals surface area contributed by atoms with Gasteiger partial charge in [0.2, 0.25) is 0 Å². The van der Waals surface area contributed by atoms with Gasteiger partial charge >= 0.3 is 5.97 Å². The number of rotatable bonds is 12. The molecule has 42 heavy (non-hydrogen) atoms. The van der Waals surface area contributed by atoms with Gasteiger partial charge in [-0.3, -0.25) is 9.59 Å². The van der Waals surface area contributed by atoms with Crippen LogP contribution in [0.15, 0.2) is 72.8 Å². The number of benzene rings is 4. The van der Waals surface area contributed by atoms with Crippen LogP contribution >= 0.6 is 46.4 Å². The lowest BCUT2D eigenvalue weighted by atomic mass is 9.97. The summed E-state index contributed by atoms with van der Waals surface area (Å²) >= 11 is 25.4. The second kappa shape index (κ2) is 14.7. The van der Waals surface area contributed by atoms with Gasteiger partial charge in [-0.1, -0.05) is 65.5 Å².